The molecule has 4 heteroatoms. The number of para-hydroxylation sites is 1. The van der Waals surface area contributed by atoms with Crippen molar-refractivity contribution >= 4 is 17.5 Å². The molecule has 1 aromatic rings. The Morgan fingerprint density at radius 3 is 2.05 bits per heavy atom. The van der Waals surface area contributed by atoms with Crippen LogP contribution in [-0.2, 0) is 15.0 Å². The largest absolute Gasteiger partial charge is 0.342 e. The topological polar surface area (TPSA) is 40.6 Å². The molecule has 1 rings (SSSR count). The quantitative estimate of drug-likeness (QED) is 0.838. The summed E-state index contributed by atoms with van der Waals surface area (Å²) in [4.78, 5) is 27.8. The normalized spacial score (nSPS) is 11.2. The van der Waals surface area contributed by atoms with E-state index in [1.807, 2.05) is 38.1 Å². The van der Waals surface area contributed by atoms with E-state index in [4.69, 9.17) is 0 Å². The smallest absolute Gasteiger partial charge is 0.242 e. The predicted molar refractivity (Wildman–Crippen MR) is 91.1 cm³/mol. The second-order valence-electron chi connectivity index (χ2n) is 6.44. The van der Waals surface area contributed by atoms with Crippen LogP contribution in [0.15, 0.2) is 24.3 Å². The molecular weight excluding hydrogens is 276 g/mol. The second-order valence-corrected chi connectivity index (χ2v) is 6.44. The molecule has 0 aromatic heterocycles. The van der Waals surface area contributed by atoms with Crippen molar-refractivity contribution in [1.82, 2.24) is 4.90 Å². The predicted octanol–water partition coefficient (Wildman–Crippen LogP) is 3.21. The molecule has 0 aliphatic carbocycles. The monoisotopic (exact) mass is 304 g/mol. The maximum atomic E-state index is 12.4. The first-order chi connectivity index (χ1) is 10.2. The van der Waals surface area contributed by atoms with Crippen LogP contribution in [-0.4, -0.2) is 36.3 Å². The van der Waals surface area contributed by atoms with Gasteiger partial charge >= 0.3 is 0 Å². The van der Waals surface area contributed by atoms with Crippen LogP contribution >= 0.6 is 0 Å². The minimum Gasteiger partial charge on any atom is -0.342 e. The maximum Gasteiger partial charge on any atom is 0.242 e. The number of benzene rings is 1. The highest BCUT2D eigenvalue weighted by Crippen LogP contribution is 2.31. The molecule has 0 fully saturated rings. The van der Waals surface area contributed by atoms with Crippen molar-refractivity contribution in [2.75, 3.05) is 24.5 Å². The van der Waals surface area contributed by atoms with Crippen molar-refractivity contribution in [3.8, 4) is 0 Å². The standard InChI is InChI=1S/C18H28N2O2/c1-7-19(8-2)17(22)13-20(14(3)21)16-12-10-9-11-15(16)18(4,5)6/h9-12H,7-8,13H2,1-6H3. The van der Waals surface area contributed by atoms with Crippen LogP contribution < -0.4 is 4.90 Å². The first-order valence-electron chi connectivity index (χ1n) is 7.87. The Morgan fingerprint density at radius 1 is 1.05 bits per heavy atom. The molecule has 0 N–H and O–H groups in total. The summed E-state index contributed by atoms with van der Waals surface area (Å²) in [5.41, 5.74) is 1.79. The highest BCUT2D eigenvalue weighted by atomic mass is 16.2. The summed E-state index contributed by atoms with van der Waals surface area (Å²) < 4.78 is 0. The van der Waals surface area contributed by atoms with Crippen LogP contribution in [0.2, 0.25) is 0 Å². The Morgan fingerprint density at radius 2 is 1.59 bits per heavy atom. The van der Waals surface area contributed by atoms with Crippen LogP contribution in [0.5, 0.6) is 0 Å². The number of hydrogen-bond acceptors (Lipinski definition) is 2. The molecule has 0 aliphatic heterocycles. The average Bonchev–Trinajstić information content (AvgIpc) is 2.45. The molecule has 0 aliphatic rings. The lowest BCUT2D eigenvalue weighted by molar-refractivity contribution is -0.130. The van der Waals surface area contributed by atoms with Gasteiger partial charge in [0.25, 0.3) is 0 Å². The van der Waals surface area contributed by atoms with Gasteiger partial charge in [0.05, 0.1) is 0 Å². The summed E-state index contributed by atoms with van der Waals surface area (Å²) in [5, 5.41) is 0. The van der Waals surface area contributed by atoms with E-state index in [2.05, 4.69) is 20.8 Å². The van der Waals surface area contributed by atoms with Crippen molar-refractivity contribution in [2.24, 2.45) is 0 Å². The highest BCUT2D eigenvalue weighted by Gasteiger charge is 2.25. The van der Waals surface area contributed by atoms with Gasteiger partial charge in [-0.05, 0) is 30.9 Å². The van der Waals surface area contributed by atoms with E-state index in [0.29, 0.717) is 13.1 Å². The fourth-order valence-electron chi connectivity index (χ4n) is 2.52. The van der Waals surface area contributed by atoms with Gasteiger partial charge in [-0.2, -0.15) is 0 Å². The first-order valence-corrected chi connectivity index (χ1v) is 7.87. The molecule has 2 amide bonds. The van der Waals surface area contributed by atoms with Crippen LogP contribution in [0.1, 0.15) is 47.1 Å². The van der Waals surface area contributed by atoms with Gasteiger partial charge in [-0.15, -0.1) is 0 Å². The summed E-state index contributed by atoms with van der Waals surface area (Å²) in [6.07, 6.45) is 0. The van der Waals surface area contributed by atoms with Crippen molar-refractivity contribution < 1.29 is 9.59 Å². The van der Waals surface area contributed by atoms with E-state index >= 15 is 0 Å². The van der Waals surface area contributed by atoms with E-state index in [9.17, 15) is 9.59 Å². The molecule has 0 saturated carbocycles. The summed E-state index contributed by atoms with van der Waals surface area (Å²) in [7, 11) is 0. The fourth-order valence-corrected chi connectivity index (χ4v) is 2.52. The lowest BCUT2D eigenvalue weighted by Gasteiger charge is -2.30. The Balaban J connectivity index is 3.18. The third-order valence-corrected chi connectivity index (χ3v) is 3.79. The first kappa shape index (κ1) is 18.2. The number of carbonyl (C=O) groups is 2. The van der Waals surface area contributed by atoms with Crippen LogP contribution in [0.3, 0.4) is 0 Å². The number of anilines is 1. The fraction of sp³-hybridized carbons (Fsp3) is 0.556. The summed E-state index contributed by atoms with van der Waals surface area (Å²) in [5.74, 6) is -0.138. The zero-order valence-corrected chi connectivity index (χ0v) is 14.6. The van der Waals surface area contributed by atoms with Crippen molar-refractivity contribution in [3.63, 3.8) is 0 Å². The lowest BCUT2D eigenvalue weighted by atomic mass is 9.85. The molecule has 0 spiro atoms. The Hall–Kier alpha value is -1.84. The third-order valence-electron chi connectivity index (χ3n) is 3.79. The van der Waals surface area contributed by atoms with Gasteiger partial charge in [-0.1, -0.05) is 39.0 Å². The molecule has 4 nitrogen and oxygen atoms in total. The Kier molecular flexibility index (Phi) is 6.15. The summed E-state index contributed by atoms with van der Waals surface area (Å²) in [6, 6.07) is 7.81. The third kappa shape index (κ3) is 4.33. The van der Waals surface area contributed by atoms with E-state index in [1.165, 1.54) is 6.92 Å². The second kappa shape index (κ2) is 7.43. The SMILES string of the molecule is CCN(CC)C(=O)CN(C(C)=O)c1ccccc1C(C)(C)C. The number of amides is 2. The summed E-state index contributed by atoms with van der Waals surface area (Å²) in [6.45, 7) is 13.1. The molecule has 0 unspecified atom stereocenters. The molecule has 22 heavy (non-hydrogen) atoms. The van der Waals surface area contributed by atoms with Crippen molar-refractivity contribution in [2.45, 2.75) is 47.0 Å². The van der Waals surface area contributed by atoms with Gasteiger partial charge in [0, 0.05) is 25.7 Å². The van der Waals surface area contributed by atoms with Gasteiger partial charge in [-0.3, -0.25) is 9.59 Å². The molecular formula is C18H28N2O2. The zero-order chi connectivity index (χ0) is 16.9. The van der Waals surface area contributed by atoms with Gasteiger partial charge in [0.1, 0.15) is 6.54 Å². The molecule has 0 saturated heterocycles. The van der Waals surface area contributed by atoms with Gasteiger partial charge in [0.2, 0.25) is 11.8 Å². The van der Waals surface area contributed by atoms with Crippen LogP contribution in [0.4, 0.5) is 5.69 Å². The van der Waals surface area contributed by atoms with E-state index in [1.54, 1.807) is 9.80 Å². The lowest BCUT2D eigenvalue weighted by Crippen LogP contribution is -2.43. The number of likely N-dealkylation sites (N-methyl/N-ethyl adjacent to an activating group) is 1. The minimum atomic E-state index is -0.114. The maximum absolute atomic E-state index is 12.4. The van der Waals surface area contributed by atoms with E-state index in [0.717, 1.165) is 11.3 Å². The molecule has 0 heterocycles. The van der Waals surface area contributed by atoms with Crippen LogP contribution in [0, 0.1) is 0 Å². The number of rotatable bonds is 5. The van der Waals surface area contributed by atoms with Crippen LogP contribution in [0.25, 0.3) is 0 Å². The van der Waals surface area contributed by atoms with E-state index < -0.39 is 0 Å². The number of carbonyl (C=O) groups excluding carboxylic acids is 2. The molecule has 0 radical (unpaired) electrons. The number of nitrogens with zero attached hydrogens (tertiary/aromatic N) is 2. The molecule has 0 atom stereocenters. The van der Waals surface area contributed by atoms with E-state index in [-0.39, 0.29) is 23.8 Å². The molecule has 0 bridgehead atoms. The molecule has 122 valence electrons. The zero-order valence-electron chi connectivity index (χ0n) is 14.6. The Bertz CT molecular complexity index is 528. The van der Waals surface area contributed by atoms with Crippen molar-refractivity contribution in [1.29, 1.82) is 0 Å². The van der Waals surface area contributed by atoms with Crippen molar-refractivity contribution in [3.05, 3.63) is 29.8 Å². The summed E-state index contributed by atoms with van der Waals surface area (Å²) >= 11 is 0. The average molecular weight is 304 g/mol. The van der Waals surface area contributed by atoms with Gasteiger partial charge in [0.15, 0.2) is 0 Å². The molecule has 1 aromatic carbocycles. The van der Waals surface area contributed by atoms with Gasteiger partial charge in [-0.25, -0.2) is 0 Å². The Labute approximate surface area is 134 Å². The van der Waals surface area contributed by atoms with Gasteiger partial charge < -0.3 is 9.80 Å². The minimum absolute atomic E-state index is 0.0242. The highest BCUT2D eigenvalue weighted by molar-refractivity contribution is 5.98. The number of hydrogen-bond donors (Lipinski definition) is 0.